The Morgan fingerprint density at radius 3 is 2.60 bits per heavy atom. The van der Waals surface area contributed by atoms with Crippen molar-refractivity contribution in [2.75, 3.05) is 37.6 Å². The van der Waals surface area contributed by atoms with Gasteiger partial charge in [0, 0.05) is 44.3 Å². The Morgan fingerprint density at radius 2 is 1.84 bits per heavy atom. The number of anilines is 1. The largest absolute Gasteiger partial charge is 0.369 e. The Labute approximate surface area is 146 Å². The molecule has 0 spiro atoms. The first-order valence-corrected chi connectivity index (χ1v) is 8.56. The zero-order valence-corrected chi connectivity index (χ0v) is 14.3. The van der Waals surface area contributed by atoms with E-state index in [4.69, 9.17) is 0 Å². The second-order valence-electron chi connectivity index (χ2n) is 6.46. The number of aromatic nitrogens is 3. The Morgan fingerprint density at radius 1 is 1.08 bits per heavy atom. The number of Topliss-reactive ketones (excluding diaryl/α,β-unsaturated/α-hetero) is 1. The standard InChI is InChI=1S/C19H21N5O/c1-15-3-5-16(6-4-15)23-11-9-22(10-12-23)14-18(25)17-13-21-19-20-7-2-8-24(17)19/h2-8,13H,9-12,14H2,1H3. The van der Waals surface area contributed by atoms with Gasteiger partial charge in [0.25, 0.3) is 0 Å². The molecular formula is C19H21N5O. The molecule has 0 atom stereocenters. The van der Waals surface area contributed by atoms with Crippen LogP contribution in [0.4, 0.5) is 5.69 Å². The number of aryl methyl sites for hydroxylation is 1. The fourth-order valence-corrected chi connectivity index (χ4v) is 3.24. The van der Waals surface area contributed by atoms with Crippen LogP contribution in [0.25, 0.3) is 5.78 Å². The number of nitrogens with zero attached hydrogens (tertiary/aromatic N) is 5. The van der Waals surface area contributed by atoms with Crippen molar-refractivity contribution >= 4 is 17.2 Å². The zero-order valence-electron chi connectivity index (χ0n) is 14.3. The van der Waals surface area contributed by atoms with E-state index in [1.165, 1.54) is 11.3 Å². The van der Waals surface area contributed by atoms with E-state index in [0.717, 1.165) is 26.2 Å². The van der Waals surface area contributed by atoms with Crippen molar-refractivity contribution < 1.29 is 4.79 Å². The smallest absolute Gasteiger partial charge is 0.234 e. The number of ketones is 1. The zero-order chi connectivity index (χ0) is 17.2. The fourth-order valence-electron chi connectivity index (χ4n) is 3.24. The van der Waals surface area contributed by atoms with Gasteiger partial charge in [-0.25, -0.2) is 9.97 Å². The summed E-state index contributed by atoms with van der Waals surface area (Å²) in [6.07, 6.45) is 5.13. The van der Waals surface area contributed by atoms with Gasteiger partial charge in [0.2, 0.25) is 5.78 Å². The van der Waals surface area contributed by atoms with Crippen molar-refractivity contribution in [2.45, 2.75) is 6.92 Å². The van der Waals surface area contributed by atoms with Gasteiger partial charge in [-0.05, 0) is 25.1 Å². The van der Waals surface area contributed by atoms with E-state index in [2.05, 4.69) is 51.0 Å². The van der Waals surface area contributed by atoms with Crippen molar-refractivity contribution in [1.82, 2.24) is 19.3 Å². The molecule has 1 aliphatic rings. The molecule has 6 nitrogen and oxygen atoms in total. The first kappa shape index (κ1) is 15.8. The highest BCUT2D eigenvalue weighted by atomic mass is 16.1. The molecule has 0 radical (unpaired) electrons. The number of benzene rings is 1. The molecule has 0 amide bonds. The second-order valence-corrected chi connectivity index (χ2v) is 6.46. The Balaban J connectivity index is 1.38. The Kier molecular flexibility index (Phi) is 4.19. The number of hydrogen-bond donors (Lipinski definition) is 0. The van der Waals surface area contributed by atoms with Crippen LogP contribution in [0.15, 0.2) is 48.9 Å². The third kappa shape index (κ3) is 3.25. The van der Waals surface area contributed by atoms with Gasteiger partial charge in [-0.15, -0.1) is 0 Å². The molecule has 25 heavy (non-hydrogen) atoms. The van der Waals surface area contributed by atoms with Gasteiger partial charge < -0.3 is 4.90 Å². The van der Waals surface area contributed by atoms with Crippen LogP contribution in [0.3, 0.4) is 0 Å². The van der Waals surface area contributed by atoms with E-state index in [-0.39, 0.29) is 5.78 Å². The molecule has 0 bridgehead atoms. The first-order valence-electron chi connectivity index (χ1n) is 8.56. The quantitative estimate of drug-likeness (QED) is 0.683. The minimum atomic E-state index is 0.0873. The summed E-state index contributed by atoms with van der Waals surface area (Å²) in [5, 5.41) is 0. The third-order valence-corrected chi connectivity index (χ3v) is 4.71. The van der Waals surface area contributed by atoms with Gasteiger partial charge in [-0.1, -0.05) is 17.7 Å². The molecule has 1 aliphatic heterocycles. The lowest BCUT2D eigenvalue weighted by Gasteiger charge is -2.35. The van der Waals surface area contributed by atoms with Crippen LogP contribution < -0.4 is 4.90 Å². The number of fused-ring (bicyclic) bond motifs is 1. The molecule has 6 heteroatoms. The van der Waals surface area contributed by atoms with E-state index in [1.54, 1.807) is 16.8 Å². The molecule has 1 fully saturated rings. The summed E-state index contributed by atoms with van der Waals surface area (Å²) in [7, 11) is 0. The minimum Gasteiger partial charge on any atom is -0.369 e. The average molecular weight is 335 g/mol. The third-order valence-electron chi connectivity index (χ3n) is 4.71. The van der Waals surface area contributed by atoms with Crippen LogP contribution in [0.1, 0.15) is 16.1 Å². The first-order chi connectivity index (χ1) is 12.2. The predicted molar refractivity (Wildman–Crippen MR) is 97.1 cm³/mol. The molecule has 0 saturated carbocycles. The van der Waals surface area contributed by atoms with Crippen LogP contribution in [0.5, 0.6) is 0 Å². The molecule has 0 unspecified atom stereocenters. The summed E-state index contributed by atoms with van der Waals surface area (Å²) >= 11 is 0. The van der Waals surface area contributed by atoms with Crippen molar-refractivity contribution in [3.05, 3.63) is 60.2 Å². The Bertz CT molecular complexity index is 878. The number of rotatable bonds is 4. The molecule has 0 N–H and O–H groups in total. The minimum absolute atomic E-state index is 0.0873. The van der Waals surface area contributed by atoms with Gasteiger partial charge >= 0.3 is 0 Å². The van der Waals surface area contributed by atoms with Crippen LogP contribution in [0, 0.1) is 6.92 Å². The summed E-state index contributed by atoms with van der Waals surface area (Å²) in [5.74, 6) is 0.652. The molecule has 0 aliphatic carbocycles. The topological polar surface area (TPSA) is 53.7 Å². The maximum atomic E-state index is 12.6. The summed E-state index contributed by atoms with van der Waals surface area (Å²) < 4.78 is 1.75. The highest BCUT2D eigenvalue weighted by Gasteiger charge is 2.21. The van der Waals surface area contributed by atoms with Crippen molar-refractivity contribution in [2.24, 2.45) is 0 Å². The van der Waals surface area contributed by atoms with Gasteiger partial charge in [0.05, 0.1) is 12.7 Å². The highest BCUT2D eigenvalue weighted by molar-refractivity contribution is 5.96. The summed E-state index contributed by atoms with van der Waals surface area (Å²) in [4.78, 5) is 25.6. The molecule has 128 valence electrons. The van der Waals surface area contributed by atoms with E-state index in [1.807, 2.05) is 12.3 Å². The Hall–Kier alpha value is -2.73. The summed E-state index contributed by atoms with van der Waals surface area (Å²) in [6, 6.07) is 10.4. The normalized spacial score (nSPS) is 15.6. The van der Waals surface area contributed by atoms with Crippen molar-refractivity contribution in [1.29, 1.82) is 0 Å². The molecule has 1 aromatic carbocycles. The molecule has 1 saturated heterocycles. The summed E-state index contributed by atoms with van der Waals surface area (Å²) in [5.41, 5.74) is 3.13. The SMILES string of the molecule is Cc1ccc(N2CCN(CC(=O)c3cnc4ncccn34)CC2)cc1. The van der Waals surface area contributed by atoms with E-state index < -0.39 is 0 Å². The lowest BCUT2D eigenvalue weighted by Crippen LogP contribution is -2.48. The van der Waals surface area contributed by atoms with Crippen molar-refractivity contribution in [3.8, 4) is 0 Å². The number of carbonyl (C=O) groups is 1. The number of imidazole rings is 1. The van der Waals surface area contributed by atoms with Gasteiger partial charge in [-0.2, -0.15) is 0 Å². The molecular weight excluding hydrogens is 314 g/mol. The number of carbonyl (C=O) groups excluding carboxylic acids is 1. The molecule has 2 aromatic heterocycles. The van der Waals surface area contributed by atoms with E-state index >= 15 is 0 Å². The monoisotopic (exact) mass is 335 g/mol. The average Bonchev–Trinajstić information content (AvgIpc) is 3.07. The van der Waals surface area contributed by atoms with E-state index in [9.17, 15) is 4.79 Å². The highest BCUT2D eigenvalue weighted by Crippen LogP contribution is 2.17. The van der Waals surface area contributed by atoms with Crippen LogP contribution in [-0.4, -0.2) is 57.8 Å². The van der Waals surface area contributed by atoms with Crippen LogP contribution >= 0.6 is 0 Å². The molecule has 4 rings (SSSR count). The summed E-state index contributed by atoms with van der Waals surface area (Å²) in [6.45, 7) is 6.16. The maximum Gasteiger partial charge on any atom is 0.234 e. The van der Waals surface area contributed by atoms with Crippen LogP contribution in [0.2, 0.25) is 0 Å². The number of piperazine rings is 1. The van der Waals surface area contributed by atoms with Crippen LogP contribution in [-0.2, 0) is 0 Å². The van der Waals surface area contributed by atoms with Gasteiger partial charge in [0.1, 0.15) is 5.69 Å². The molecule has 3 heterocycles. The molecule has 3 aromatic rings. The predicted octanol–water partition coefficient (Wildman–Crippen LogP) is 2.04. The van der Waals surface area contributed by atoms with Gasteiger partial charge in [-0.3, -0.25) is 14.1 Å². The second kappa shape index (κ2) is 6.64. The van der Waals surface area contributed by atoms with Gasteiger partial charge in [0.15, 0.2) is 5.78 Å². The fraction of sp³-hybridized carbons (Fsp3) is 0.316. The lowest BCUT2D eigenvalue weighted by molar-refractivity contribution is 0.0920. The number of hydrogen-bond acceptors (Lipinski definition) is 5. The van der Waals surface area contributed by atoms with Crippen molar-refractivity contribution in [3.63, 3.8) is 0 Å². The maximum absolute atomic E-state index is 12.6. The lowest BCUT2D eigenvalue weighted by atomic mass is 10.2. The van der Waals surface area contributed by atoms with E-state index in [0.29, 0.717) is 18.0 Å².